The Kier molecular flexibility index (Phi) is 3.34. The third-order valence-corrected chi connectivity index (χ3v) is 3.43. The van der Waals surface area contributed by atoms with Crippen LogP contribution in [0.3, 0.4) is 0 Å². The van der Waals surface area contributed by atoms with Gasteiger partial charge in [-0.2, -0.15) is 0 Å². The Hall–Kier alpha value is -3.15. The van der Waals surface area contributed by atoms with Crippen LogP contribution in [0.5, 0.6) is 5.75 Å². The van der Waals surface area contributed by atoms with Gasteiger partial charge in [-0.25, -0.2) is 0 Å². The van der Waals surface area contributed by atoms with Crippen molar-refractivity contribution in [2.75, 3.05) is 12.4 Å². The van der Waals surface area contributed by atoms with E-state index >= 15 is 0 Å². The fraction of sp³-hybridized carbons (Fsp3) is 0.0625. The highest BCUT2D eigenvalue weighted by atomic mass is 16.6. The molecule has 3 rings (SSSR count). The van der Waals surface area contributed by atoms with Crippen LogP contribution in [0.4, 0.5) is 5.69 Å². The Balaban J connectivity index is 2.04. The highest BCUT2D eigenvalue weighted by Crippen LogP contribution is 2.34. The first kappa shape index (κ1) is 13.8. The number of nitro groups is 1. The van der Waals surface area contributed by atoms with E-state index in [4.69, 9.17) is 4.74 Å². The van der Waals surface area contributed by atoms with E-state index in [2.05, 4.69) is 5.32 Å². The van der Waals surface area contributed by atoms with Crippen LogP contribution in [-0.4, -0.2) is 17.8 Å². The zero-order chi connectivity index (χ0) is 15.7. The first-order valence-electron chi connectivity index (χ1n) is 6.55. The maximum Gasteiger partial charge on any atom is 0.340 e. The van der Waals surface area contributed by atoms with Gasteiger partial charge in [0.2, 0.25) is 0 Å². The van der Waals surface area contributed by atoms with Crippen molar-refractivity contribution >= 4 is 17.2 Å². The third-order valence-electron chi connectivity index (χ3n) is 3.43. The molecule has 6 nitrogen and oxygen atoms in total. The fourth-order valence-electron chi connectivity index (χ4n) is 2.39. The summed E-state index contributed by atoms with van der Waals surface area (Å²) >= 11 is 0. The molecule has 0 aliphatic heterocycles. The van der Waals surface area contributed by atoms with E-state index in [1.54, 1.807) is 55.6 Å². The smallest absolute Gasteiger partial charge is 0.340 e. The lowest BCUT2D eigenvalue weighted by atomic mass is 10.1. The number of hydrogen-bond acceptors (Lipinski definition) is 5. The fourth-order valence-corrected chi connectivity index (χ4v) is 2.39. The van der Waals surface area contributed by atoms with Crippen molar-refractivity contribution in [1.29, 1.82) is 0 Å². The molecule has 1 N–H and O–H groups in total. The molecule has 1 aliphatic rings. The number of Topliss-reactive ketones (excluding diaryl/α,β-unsaturated/α-hetero) is 1. The molecule has 22 heavy (non-hydrogen) atoms. The second kappa shape index (κ2) is 5.33. The highest BCUT2D eigenvalue weighted by molar-refractivity contribution is 6.20. The van der Waals surface area contributed by atoms with Crippen LogP contribution in [0.25, 0.3) is 5.70 Å². The summed E-state index contributed by atoms with van der Waals surface area (Å²) < 4.78 is 5.07. The van der Waals surface area contributed by atoms with Gasteiger partial charge in [-0.05, 0) is 24.3 Å². The Morgan fingerprint density at radius 1 is 1.05 bits per heavy atom. The minimum absolute atomic E-state index is 0.218. The molecule has 0 fully saturated rings. The molecule has 0 saturated carbocycles. The number of carbonyl (C=O) groups excluding carboxylic acids is 1. The molecule has 2 aromatic rings. The molecule has 1 aliphatic carbocycles. The molecule has 6 heteroatoms. The molecule has 0 saturated heterocycles. The second-order valence-corrected chi connectivity index (χ2v) is 4.71. The van der Waals surface area contributed by atoms with Crippen molar-refractivity contribution in [1.82, 2.24) is 0 Å². The van der Waals surface area contributed by atoms with Crippen LogP contribution >= 0.6 is 0 Å². The van der Waals surface area contributed by atoms with Gasteiger partial charge in [0.05, 0.1) is 12.0 Å². The Morgan fingerprint density at radius 2 is 1.68 bits per heavy atom. The first-order chi connectivity index (χ1) is 10.6. The van der Waals surface area contributed by atoms with E-state index in [1.807, 2.05) is 0 Å². The average molecular weight is 296 g/mol. The quantitative estimate of drug-likeness (QED) is 0.693. The number of hydrogen-bond donors (Lipinski definition) is 1. The molecule has 0 aromatic heterocycles. The summed E-state index contributed by atoms with van der Waals surface area (Å²) in [5.41, 5.74) is 1.30. The number of anilines is 1. The molecule has 0 bridgehead atoms. The Bertz CT molecular complexity index is 794. The van der Waals surface area contributed by atoms with Crippen LogP contribution in [0, 0.1) is 10.1 Å². The van der Waals surface area contributed by atoms with E-state index < -0.39 is 16.4 Å². The zero-order valence-corrected chi connectivity index (χ0v) is 11.7. The summed E-state index contributed by atoms with van der Waals surface area (Å²) in [6, 6.07) is 13.6. The topological polar surface area (TPSA) is 81.5 Å². The molecule has 2 aromatic carbocycles. The summed E-state index contributed by atoms with van der Waals surface area (Å²) in [6.45, 7) is 0. The Labute approximate surface area is 126 Å². The molecule has 0 unspecified atom stereocenters. The number of rotatable bonds is 4. The summed E-state index contributed by atoms with van der Waals surface area (Å²) in [6.07, 6.45) is 0. The van der Waals surface area contributed by atoms with Crippen LogP contribution in [0.15, 0.2) is 54.2 Å². The zero-order valence-electron chi connectivity index (χ0n) is 11.7. The van der Waals surface area contributed by atoms with Gasteiger partial charge in [-0.15, -0.1) is 0 Å². The van der Waals surface area contributed by atoms with Crippen molar-refractivity contribution in [3.05, 3.63) is 75.5 Å². The highest BCUT2D eigenvalue weighted by Gasteiger charge is 2.38. The van der Waals surface area contributed by atoms with Gasteiger partial charge in [0.1, 0.15) is 11.4 Å². The van der Waals surface area contributed by atoms with Gasteiger partial charge >= 0.3 is 5.70 Å². The van der Waals surface area contributed by atoms with Crippen molar-refractivity contribution < 1.29 is 14.5 Å². The minimum atomic E-state index is -0.645. The first-order valence-corrected chi connectivity index (χ1v) is 6.55. The van der Waals surface area contributed by atoms with Gasteiger partial charge in [-0.1, -0.05) is 24.3 Å². The van der Waals surface area contributed by atoms with E-state index in [-0.39, 0.29) is 5.70 Å². The van der Waals surface area contributed by atoms with E-state index in [0.717, 1.165) is 0 Å². The number of allylic oxidation sites excluding steroid dienone is 1. The maximum absolute atomic E-state index is 12.2. The number of methoxy groups -OCH3 is 1. The lowest BCUT2D eigenvalue weighted by Gasteiger charge is -2.08. The van der Waals surface area contributed by atoms with Crippen LogP contribution in [0.2, 0.25) is 0 Å². The molecular weight excluding hydrogens is 284 g/mol. The lowest BCUT2D eigenvalue weighted by molar-refractivity contribution is -0.415. The molecule has 0 atom stereocenters. The van der Waals surface area contributed by atoms with Crippen molar-refractivity contribution in [3.63, 3.8) is 0 Å². The predicted octanol–water partition coefficient (Wildman–Crippen LogP) is 2.95. The van der Waals surface area contributed by atoms with E-state index in [9.17, 15) is 14.9 Å². The number of benzene rings is 2. The molecular formula is C16H12N2O4. The van der Waals surface area contributed by atoms with Gasteiger partial charge in [0.15, 0.2) is 0 Å². The SMILES string of the molecule is COc1ccc(NC2=C([N+](=O)[O-])C(=O)c3ccccc32)cc1. The number of nitrogens with zero attached hydrogens (tertiary/aromatic N) is 1. The van der Waals surface area contributed by atoms with Crippen LogP contribution in [0.1, 0.15) is 15.9 Å². The summed E-state index contributed by atoms with van der Waals surface area (Å²) in [5.74, 6) is 0.105. The van der Waals surface area contributed by atoms with Gasteiger partial charge < -0.3 is 10.1 Å². The normalized spacial score (nSPS) is 13.0. The number of carbonyl (C=O) groups is 1. The molecule has 110 valence electrons. The Morgan fingerprint density at radius 3 is 2.27 bits per heavy atom. The van der Waals surface area contributed by atoms with Gasteiger partial charge in [0.25, 0.3) is 5.78 Å². The summed E-state index contributed by atoms with van der Waals surface area (Å²) in [4.78, 5) is 22.8. The van der Waals surface area contributed by atoms with Crippen LogP contribution in [-0.2, 0) is 0 Å². The van der Waals surface area contributed by atoms with Crippen molar-refractivity contribution in [2.45, 2.75) is 0 Å². The third kappa shape index (κ3) is 2.20. The largest absolute Gasteiger partial charge is 0.497 e. The van der Waals surface area contributed by atoms with Gasteiger partial charge in [0, 0.05) is 16.8 Å². The van der Waals surface area contributed by atoms with E-state index in [1.165, 1.54) is 0 Å². The molecule has 0 amide bonds. The minimum Gasteiger partial charge on any atom is -0.497 e. The second-order valence-electron chi connectivity index (χ2n) is 4.71. The van der Waals surface area contributed by atoms with Crippen molar-refractivity contribution in [2.24, 2.45) is 0 Å². The van der Waals surface area contributed by atoms with Gasteiger partial charge in [-0.3, -0.25) is 14.9 Å². The molecule has 0 radical (unpaired) electrons. The number of ether oxygens (including phenoxy) is 1. The van der Waals surface area contributed by atoms with Crippen LogP contribution < -0.4 is 10.1 Å². The number of nitrogens with one attached hydrogen (secondary N) is 1. The predicted molar refractivity (Wildman–Crippen MR) is 81.3 cm³/mol. The lowest BCUT2D eigenvalue weighted by Crippen LogP contribution is -2.10. The van der Waals surface area contributed by atoms with E-state index in [0.29, 0.717) is 22.6 Å². The number of ketones is 1. The average Bonchev–Trinajstić information content (AvgIpc) is 2.81. The standard InChI is InChI=1S/C16H12N2O4/c1-22-11-8-6-10(7-9-11)17-14-12-4-2-3-5-13(12)16(19)15(14)18(20)21/h2-9,17H,1H3. The maximum atomic E-state index is 12.2. The van der Waals surface area contributed by atoms with Crippen molar-refractivity contribution in [3.8, 4) is 5.75 Å². The monoisotopic (exact) mass is 296 g/mol. The summed E-state index contributed by atoms with van der Waals surface area (Å²) in [7, 11) is 1.56. The summed E-state index contributed by atoms with van der Waals surface area (Å²) in [5, 5.41) is 14.2. The number of fused-ring (bicyclic) bond motifs is 1. The molecule has 0 spiro atoms. The molecule has 0 heterocycles.